The first-order valence-electron chi connectivity index (χ1n) is 8.24. The molecule has 0 N–H and O–H groups in total. The van der Waals surface area contributed by atoms with Crippen LogP contribution < -0.4 is 4.74 Å². The van der Waals surface area contributed by atoms with Crippen molar-refractivity contribution in [2.45, 2.75) is 20.8 Å². The van der Waals surface area contributed by atoms with E-state index in [1.807, 2.05) is 39.1 Å². The van der Waals surface area contributed by atoms with Gasteiger partial charge in [-0.2, -0.15) is 9.61 Å². The van der Waals surface area contributed by atoms with Crippen LogP contribution in [0.3, 0.4) is 0 Å². The van der Waals surface area contributed by atoms with E-state index in [1.54, 1.807) is 22.7 Å². The highest BCUT2D eigenvalue weighted by molar-refractivity contribution is 6.44. The topological polar surface area (TPSA) is 72.1 Å². The summed E-state index contributed by atoms with van der Waals surface area (Å²) in [5.74, 6) is 0.377. The summed E-state index contributed by atoms with van der Waals surface area (Å²) in [7, 11) is 1.74. The van der Waals surface area contributed by atoms with Gasteiger partial charge in [0.1, 0.15) is 5.71 Å². The van der Waals surface area contributed by atoms with Crippen LogP contribution in [0.4, 0.5) is 0 Å². The molecule has 7 heteroatoms. The number of amides is 1. The van der Waals surface area contributed by atoms with Gasteiger partial charge in [-0.3, -0.25) is 9.79 Å². The number of fused-ring (bicyclic) bond motifs is 2. The van der Waals surface area contributed by atoms with Crippen molar-refractivity contribution in [3.63, 3.8) is 0 Å². The molecule has 7 nitrogen and oxygen atoms in total. The van der Waals surface area contributed by atoms with E-state index in [0.717, 1.165) is 28.2 Å². The molecule has 0 bridgehead atoms. The first kappa shape index (κ1) is 15.6. The van der Waals surface area contributed by atoms with Crippen LogP contribution in [0.25, 0.3) is 11.2 Å². The molecule has 2 aliphatic rings. The van der Waals surface area contributed by atoms with Gasteiger partial charge in [-0.1, -0.05) is 6.08 Å². The summed E-state index contributed by atoms with van der Waals surface area (Å²) in [5.41, 5.74) is 4.79. The Kier molecular flexibility index (Phi) is 3.45. The molecule has 2 aromatic rings. The Hall–Kier alpha value is -2.96. The molecule has 0 saturated carbocycles. The van der Waals surface area contributed by atoms with Crippen LogP contribution in [0.1, 0.15) is 23.9 Å². The number of carbonyl (C=O) groups excluding carboxylic acids is 1. The maximum atomic E-state index is 12.3. The predicted octanol–water partition coefficient (Wildman–Crippen LogP) is 2.14. The molecule has 0 aliphatic carbocycles. The lowest BCUT2D eigenvalue weighted by molar-refractivity contribution is -0.121. The van der Waals surface area contributed by atoms with Gasteiger partial charge in [0.2, 0.25) is 5.88 Å². The van der Waals surface area contributed by atoms with E-state index in [4.69, 9.17) is 4.74 Å². The number of aliphatic imine (C=N–C) groups is 1. The van der Waals surface area contributed by atoms with Gasteiger partial charge in [0.25, 0.3) is 5.91 Å². The molecule has 0 spiro atoms. The summed E-state index contributed by atoms with van der Waals surface area (Å²) in [5, 5.41) is 4.52. The minimum absolute atomic E-state index is 0.0849. The van der Waals surface area contributed by atoms with Crippen LogP contribution in [-0.2, 0) is 4.79 Å². The van der Waals surface area contributed by atoms with Crippen LogP contribution in [0.15, 0.2) is 29.5 Å². The van der Waals surface area contributed by atoms with Gasteiger partial charge in [0, 0.05) is 25.5 Å². The molecule has 1 unspecified atom stereocenters. The Morgan fingerprint density at radius 1 is 1.32 bits per heavy atom. The zero-order valence-corrected chi connectivity index (χ0v) is 14.6. The van der Waals surface area contributed by atoms with E-state index >= 15 is 0 Å². The van der Waals surface area contributed by atoms with E-state index in [1.165, 1.54) is 0 Å². The monoisotopic (exact) mass is 337 g/mol. The Morgan fingerprint density at radius 3 is 2.88 bits per heavy atom. The fraction of sp³-hybridized carbons (Fsp3) is 0.333. The third-order valence-corrected chi connectivity index (χ3v) is 4.43. The van der Waals surface area contributed by atoms with Crippen LogP contribution in [0.2, 0.25) is 0 Å². The Labute approximate surface area is 145 Å². The van der Waals surface area contributed by atoms with Crippen LogP contribution in [0, 0.1) is 19.8 Å². The minimum Gasteiger partial charge on any atom is -0.477 e. The number of allylic oxidation sites excluding steroid dienone is 2. The largest absolute Gasteiger partial charge is 0.477 e. The molecule has 2 aromatic heterocycles. The van der Waals surface area contributed by atoms with Crippen molar-refractivity contribution in [2.24, 2.45) is 10.9 Å². The van der Waals surface area contributed by atoms with Gasteiger partial charge in [-0.15, -0.1) is 0 Å². The molecular weight excluding hydrogens is 318 g/mol. The molecule has 0 aromatic carbocycles. The van der Waals surface area contributed by atoms with Crippen molar-refractivity contribution >= 4 is 22.8 Å². The van der Waals surface area contributed by atoms with Crippen molar-refractivity contribution in [1.29, 1.82) is 0 Å². The van der Waals surface area contributed by atoms with Gasteiger partial charge in [0.05, 0.1) is 29.5 Å². The maximum Gasteiger partial charge on any atom is 0.272 e. The summed E-state index contributed by atoms with van der Waals surface area (Å²) in [6.07, 6.45) is 5.46. The van der Waals surface area contributed by atoms with Crippen LogP contribution in [0.5, 0.6) is 5.88 Å². The molecule has 0 saturated heterocycles. The van der Waals surface area contributed by atoms with Gasteiger partial charge in [0.15, 0.2) is 5.65 Å². The average Bonchev–Trinajstić information content (AvgIpc) is 3.18. The van der Waals surface area contributed by atoms with Crippen molar-refractivity contribution in [3.05, 3.63) is 41.5 Å². The third kappa shape index (κ3) is 2.26. The summed E-state index contributed by atoms with van der Waals surface area (Å²) in [4.78, 5) is 22.8. The summed E-state index contributed by atoms with van der Waals surface area (Å²) in [6.45, 7) is 6.33. The lowest BCUT2D eigenvalue weighted by Gasteiger charge is -2.28. The second-order valence-electron chi connectivity index (χ2n) is 6.20. The number of carbonyl (C=O) groups is 1. The highest BCUT2D eigenvalue weighted by atomic mass is 16.5. The summed E-state index contributed by atoms with van der Waals surface area (Å²) in [6, 6.07) is 1.92. The van der Waals surface area contributed by atoms with Gasteiger partial charge in [-0.05, 0) is 26.3 Å². The maximum absolute atomic E-state index is 12.3. The SMILES string of the molecule is CCOc1c(C2=CN(C)C(=O)C3=NC=CC23)c(C)nc2cc(C)nn12. The number of hydrogen-bond donors (Lipinski definition) is 0. The molecular formula is C18H19N5O2. The lowest BCUT2D eigenvalue weighted by Crippen LogP contribution is -2.37. The highest BCUT2D eigenvalue weighted by Crippen LogP contribution is 2.39. The number of aromatic nitrogens is 3. The average molecular weight is 337 g/mol. The van der Waals surface area contributed by atoms with E-state index in [0.29, 0.717) is 18.2 Å². The Balaban J connectivity index is 2.00. The number of aryl methyl sites for hydroxylation is 2. The molecule has 2 aliphatic heterocycles. The second kappa shape index (κ2) is 5.54. The minimum atomic E-state index is -0.183. The fourth-order valence-corrected chi connectivity index (χ4v) is 3.37. The normalized spacial score (nSPS) is 19.3. The molecule has 1 amide bonds. The molecule has 4 rings (SSSR count). The van der Waals surface area contributed by atoms with Crippen molar-refractivity contribution < 1.29 is 9.53 Å². The van der Waals surface area contributed by atoms with E-state index < -0.39 is 0 Å². The Morgan fingerprint density at radius 2 is 2.12 bits per heavy atom. The van der Waals surface area contributed by atoms with Gasteiger partial charge < -0.3 is 9.64 Å². The second-order valence-corrected chi connectivity index (χ2v) is 6.20. The first-order chi connectivity index (χ1) is 12.0. The number of nitrogens with zero attached hydrogens (tertiary/aromatic N) is 5. The van der Waals surface area contributed by atoms with Gasteiger partial charge in [-0.25, -0.2) is 4.98 Å². The van der Waals surface area contributed by atoms with Crippen molar-refractivity contribution in [3.8, 4) is 5.88 Å². The van der Waals surface area contributed by atoms with Crippen LogP contribution in [-0.4, -0.2) is 44.8 Å². The molecule has 25 heavy (non-hydrogen) atoms. The van der Waals surface area contributed by atoms with Gasteiger partial charge >= 0.3 is 0 Å². The van der Waals surface area contributed by atoms with E-state index in [9.17, 15) is 4.79 Å². The molecule has 4 heterocycles. The fourth-order valence-electron chi connectivity index (χ4n) is 3.37. The Bertz CT molecular complexity index is 983. The predicted molar refractivity (Wildman–Crippen MR) is 94.4 cm³/mol. The quantitative estimate of drug-likeness (QED) is 0.860. The smallest absolute Gasteiger partial charge is 0.272 e. The first-order valence-corrected chi connectivity index (χ1v) is 8.24. The van der Waals surface area contributed by atoms with Crippen molar-refractivity contribution in [2.75, 3.05) is 13.7 Å². The number of rotatable bonds is 3. The molecule has 0 fully saturated rings. The highest BCUT2D eigenvalue weighted by Gasteiger charge is 2.36. The van der Waals surface area contributed by atoms with E-state index in [2.05, 4.69) is 15.1 Å². The summed E-state index contributed by atoms with van der Waals surface area (Å²) < 4.78 is 7.69. The molecule has 128 valence electrons. The molecule has 1 atom stereocenters. The third-order valence-electron chi connectivity index (χ3n) is 4.43. The summed E-state index contributed by atoms with van der Waals surface area (Å²) >= 11 is 0. The zero-order chi connectivity index (χ0) is 17.7. The lowest BCUT2D eigenvalue weighted by atomic mass is 9.86. The number of hydrogen-bond acceptors (Lipinski definition) is 5. The van der Waals surface area contributed by atoms with E-state index in [-0.39, 0.29) is 11.8 Å². The van der Waals surface area contributed by atoms with Crippen molar-refractivity contribution in [1.82, 2.24) is 19.5 Å². The zero-order valence-electron chi connectivity index (χ0n) is 14.6. The van der Waals surface area contributed by atoms with Crippen LogP contribution >= 0.6 is 0 Å². The number of ether oxygens (including phenoxy) is 1. The molecule has 0 radical (unpaired) electrons. The standard InChI is InChI=1S/C18H19N5O2/c1-5-25-18-15(11(3)20-14-8-10(2)21-23(14)18)13-9-22(4)17(24)16-12(13)6-7-19-16/h6-9,12H,5H2,1-4H3.